The summed E-state index contributed by atoms with van der Waals surface area (Å²) in [5, 5.41) is 8.27. The summed E-state index contributed by atoms with van der Waals surface area (Å²) in [6, 6.07) is 11.1. The van der Waals surface area contributed by atoms with Gasteiger partial charge in [0.25, 0.3) is 5.91 Å². The van der Waals surface area contributed by atoms with Crippen molar-refractivity contribution in [1.29, 1.82) is 0 Å². The second kappa shape index (κ2) is 6.91. The summed E-state index contributed by atoms with van der Waals surface area (Å²) in [6.07, 6.45) is 1.65. The topological polar surface area (TPSA) is 73.1 Å². The molecule has 26 heavy (non-hydrogen) atoms. The lowest BCUT2D eigenvalue weighted by Crippen LogP contribution is -2.38. The molecule has 3 heterocycles. The van der Waals surface area contributed by atoms with Crippen LogP contribution in [0.1, 0.15) is 21.7 Å². The zero-order chi connectivity index (χ0) is 17.9. The van der Waals surface area contributed by atoms with E-state index in [0.29, 0.717) is 36.8 Å². The van der Waals surface area contributed by atoms with Gasteiger partial charge in [-0.2, -0.15) is 0 Å². The van der Waals surface area contributed by atoms with Crippen molar-refractivity contribution in [2.24, 2.45) is 0 Å². The highest BCUT2D eigenvalue weighted by molar-refractivity contribution is 5.94. The van der Waals surface area contributed by atoms with Gasteiger partial charge in [0, 0.05) is 24.4 Å². The van der Waals surface area contributed by atoms with Gasteiger partial charge in [-0.3, -0.25) is 4.79 Å². The van der Waals surface area contributed by atoms with Crippen LogP contribution < -0.4 is 4.74 Å². The Kier molecular flexibility index (Phi) is 4.30. The Bertz CT molecular complexity index is 928. The summed E-state index contributed by atoms with van der Waals surface area (Å²) < 4.78 is 20.8. The number of rotatable bonds is 4. The van der Waals surface area contributed by atoms with Gasteiger partial charge in [0.2, 0.25) is 5.88 Å². The van der Waals surface area contributed by atoms with Gasteiger partial charge < -0.3 is 9.64 Å². The molecular formula is C18H16FN5O2. The van der Waals surface area contributed by atoms with E-state index in [-0.39, 0.29) is 12.5 Å². The maximum Gasteiger partial charge on any atom is 0.254 e. The first-order valence-electron chi connectivity index (χ1n) is 8.20. The van der Waals surface area contributed by atoms with Crippen LogP contribution in [0.3, 0.4) is 0 Å². The smallest absolute Gasteiger partial charge is 0.254 e. The summed E-state index contributed by atoms with van der Waals surface area (Å²) in [7, 11) is 0. The summed E-state index contributed by atoms with van der Waals surface area (Å²) in [5.74, 6) is -0.143. The Morgan fingerprint density at radius 1 is 1.19 bits per heavy atom. The number of nitrogens with zero attached hydrogens (tertiary/aromatic N) is 5. The van der Waals surface area contributed by atoms with E-state index in [1.165, 1.54) is 18.2 Å². The maximum atomic E-state index is 13.4. The number of halogens is 1. The molecule has 0 unspecified atom stereocenters. The quantitative estimate of drug-likeness (QED) is 0.718. The number of carbonyl (C=O) groups is 1. The molecule has 2 aromatic heterocycles. The van der Waals surface area contributed by atoms with Crippen LogP contribution in [0.4, 0.5) is 4.39 Å². The summed E-state index contributed by atoms with van der Waals surface area (Å²) in [4.78, 5) is 18.4. The SMILES string of the molecule is O=C(c1cccc(F)c1)N1CCn2nnc(COc3ccccn3)c2C1. The molecule has 132 valence electrons. The first-order valence-corrected chi connectivity index (χ1v) is 8.20. The number of hydrogen-bond donors (Lipinski definition) is 0. The second-order valence-corrected chi connectivity index (χ2v) is 5.90. The Hall–Kier alpha value is -3.29. The largest absolute Gasteiger partial charge is 0.471 e. The van der Waals surface area contributed by atoms with Crippen molar-refractivity contribution in [3.63, 3.8) is 0 Å². The molecule has 1 aromatic carbocycles. The highest BCUT2D eigenvalue weighted by Gasteiger charge is 2.26. The lowest BCUT2D eigenvalue weighted by Gasteiger charge is -2.27. The monoisotopic (exact) mass is 353 g/mol. The van der Waals surface area contributed by atoms with E-state index in [2.05, 4.69) is 15.3 Å². The number of fused-ring (bicyclic) bond motifs is 1. The highest BCUT2D eigenvalue weighted by Crippen LogP contribution is 2.19. The van der Waals surface area contributed by atoms with Gasteiger partial charge in [-0.1, -0.05) is 17.3 Å². The van der Waals surface area contributed by atoms with Crippen LogP contribution in [0, 0.1) is 5.82 Å². The lowest BCUT2D eigenvalue weighted by atomic mass is 10.1. The van der Waals surface area contributed by atoms with E-state index in [9.17, 15) is 9.18 Å². The van der Waals surface area contributed by atoms with Gasteiger partial charge in [0.1, 0.15) is 18.1 Å². The third-order valence-corrected chi connectivity index (χ3v) is 4.19. The molecule has 1 amide bonds. The van der Waals surface area contributed by atoms with Crippen molar-refractivity contribution >= 4 is 5.91 Å². The molecular weight excluding hydrogens is 337 g/mol. The minimum absolute atomic E-state index is 0.214. The van der Waals surface area contributed by atoms with E-state index in [1.807, 2.05) is 12.1 Å². The zero-order valence-electron chi connectivity index (χ0n) is 13.9. The van der Waals surface area contributed by atoms with E-state index in [0.717, 1.165) is 5.69 Å². The van der Waals surface area contributed by atoms with Gasteiger partial charge in [-0.15, -0.1) is 5.10 Å². The second-order valence-electron chi connectivity index (χ2n) is 5.90. The minimum Gasteiger partial charge on any atom is -0.471 e. The standard InChI is InChI=1S/C18H16FN5O2/c19-14-5-3-4-13(10-14)18(25)23-8-9-24-16(11-23)15(21-22-24)12-26-17-6-1-2-7-20-17/h1-7,10H,8-9,11-12H2. The Balaban J connectivity index is 1.49. The average Bonchev–Trinajstić information content (AvgIpc) is 3.09. The molecule has 0 saturated carbocycles. The van der Waals surface area contributed by atoms with E-state index < -0.39 is 5.82 Å². The van der Waals surface area contributed by atoms with Gasteiger partial charge >= 0.3 is 0 Å². The molecule has 0 fully saturated rings. The average molecular weight is 353 g/mol. The molecule has 0 N–H and O–H groups in total. The van der Waals surface area contributed by atoms with Gasteiger partial charge in [-0.25, -0.2) is 14.1 Å². The van der Waals surface area contributed by atoms with Crippen LogP contribution >= 0.6 is 0 Å². The Morgan fingerprint density at radius 3 is 2.92 bits per heavy atom. The van der Waals surface area contributed by atoms with E-state index in [1.54, 1.807) is 27.9 Å². The fraction of sp³-hybridized carbons (Fsp3) is 0.222. The van der Waals surface area contributed by atoms with E-state index in [4.69, 9.17) is 4.74 Å². The molecule has 0 aliphatic carbocycles. The highest BCUT2D eigenvalue weighted by atomic mass is 19.1. The summed E-state index contributed by atoms with van der Waals surface area (Å²) >= 11 is 0. The van der Waals surface area contributed by atoms with Crippen LogP contribution in [0.5, 0.6) is 5.88 Å². The number of aromatic nitrogens is 4. The molecule has 4 rings (SSSR count). The van der Waals surface area contributed by atoms with Crippen LogP contribution in [-0.4, -0.2) is 37.3 Å². The number of carbonyl (C=O) groups excluding carboxylic acids is 1. The predicted octanol–water partition coefficient (Wildman–Crippen LogP) is 2.05. The number of ether oxygens (including phenoxy) is 1. The van der Waals surface area contributed by atoms with Gasteiger partial charge in [0.15, 0.2) is 0 Å². The maximum absolute atomic E-state index is 13.4. The first kappa shape index (κ1) is 16.2. The summed E-state index contributed by atoms with van der Waals surface area (Å²) in [5.41, 5.74) is 1.81. The van der Waals surface area contributed by atoms with Crippen LogP contribution in [0.25, 0.3) is 0 Å². The minimum atomic E-state index is -0.427. The van der Waals surface area contributed by atoms with Crippen LogP contribution in [-0.2, 0) is 19.7 Å². The number of benzene rings is 1. The third kappa shape index (κ3) is 3.26. The van der Waals surface area contributed by atoms with Crippen molar-refractivity contribution in [2.75, 3.05) is 6.54 Å². The van der Waals surface area contributed by atoms with Crippen molar-refractivity contribution in [1.82, 2.24) is 24.9 Å². The first-order chi connectivity index (χ1) is 12.7. The molecule has 0 saturated heterocycles. The van der Waals surface area contributed by atoms with Gasteiger partial charge in [0.05, 0.1) is 18.8 Å². The molecule has 8 heteroatoms. The molecule has 0 radical (unpaired) electrons. The van der Waals surface area contributed by atoms with Crippen molar-refractivity contribution in [2.45, 2.75) is 19.7 Å². The fourth-order valence-corrected chi connectivity index (χ4v) is 2.86. The molecule has 1 aliphatic heterocycles. The number of pyridine rings is 1. The number of amides is 1. The zero-order valence-corrected chi connectivity index (χ0v) is 13.9. The molecule has 0 bridgehead atoms. The Morgan fingerprint density at radius 2 is 2.12 bits per heavy atom. The normalized spacial score (nSPS) is 13.3. The van der Waals surface area contributed by atoms with E-state index >= 15 is 0 Å². The lowest BCUT2D eigenvalue weighted by molar-refractivity contribution is 0.0703. The molecule has 0 spiro atoms. The van der Waals surface area contributed by atoms with Crippen LogP contribution in [0.2, 0.25) is 0 Å². The van der Waals surface area contributed by atoms with Crippen molar-refractivity contribution in [3.8, 4) is 5.88 Å². The van der Waals surface area contributed by atoms with Crippen molar-refractivity contribution < 1.29 is 13.9 Å². The molecule has 3 aromatic rings. The van der Waals surface area contributed by atoms with Crippen LogP contribution in [0.15, 0.2) is 48.7 Å². The predicted molar refractivity (Wildman–Crippen MR) is 89.7 cm³/mol. The molecule has 7 nitrogen and oxygen atoms in total. The summed E-state index contributed by atoms with van der Waals surface area (Å²) in [6.45, 7) is 1.59. The third-order valence-electron chi connectivity index (χ3n) is 4.19. The van der Waals surface area contributed by atoms with Gasteiger partial charge in [-0.05, 0) is 24.3 Å². The van der Waals surface area contributed by atoms with Crippen molar-refractivity contribution in [3.05, 3.63) is 71.4 Å². The molecule has 1 aliphatic rings. The fourth-order valence-electron chi connectivity index (χ4n) is 2.86. The Labute approximate surface area is 149 Å². The number of hydrogen-bond acceptors (Lipinski definition) is 5. The molecule has 0 atom stereocenters.